The van der Waals surface area contributed by atoms with Crippen LogP contribution in [0.3, 0.4) is 0 Å². The van der Waals surface area contributed by atoms with Crippen molar-refractivity contribution in [1.82, 2.24) is 4.57 Å². The summed E-state index contributed by atoms with van der Waals surface area (Å²) in [6.07, 6.45) is 4.56. The lowest BCUT2D eigenvalue weighted by Crippen LogP contribution is -2.07. The highest BCUT2D eigenvalue weighted by molar-refractivity contribution is 5.80. The molecule has 4 rings (SSSR count). The molecule has 1 aliphatic rings. The molecule has 0 saturated heterocycles. The molecule has 0 radical (unpaired) electrons. The molecule has 0 unspecified atom stereocenters. The van der Waals surface area contributed by atoms with Crippen LogP contribution in [0.15, 0.2) is 60.8 Å². The summed E-state index contributed by atoms with van der Waals surface area (Å²) < 4.78 is 2.44. The Morgan fingerprint density at radius 3 is 2.22 bits per heavy atom. The van der Waals surface area contributed by atoms with Gasteiger partial charge in [-0.2, -0.15) is 0 Å². The van der Waals surface area contributed by atoms with E-state index < -0.39 is 0 Å². The third-order valence-corrected chi connectivity index (χ3v) is 4.05. The van der Waals surface area contributed by atoms with Crippen LogP contribution in [0, 0.1) is 0 Å². The Kier molecular flexibility index (Phi) is 2.07. The van der Waals surface area contributed by atoms with Gasteiger partial charge < -0.3 is 4.57 Å². The molecule has 0 N–H and O–H groups in total. The molecular formula is C17H15N. The van der Waals surface area contributed by atoms with Gasteiger partial charge in [-0.3, -0.25) is 0 Å². The van der Waals surface area contributed by atoms with Gasteiger partial charge in [0.05, 0.1) is 0 Å². The van der Waals surface area contributed by atoms with Gasteiger partial charge in [0.15, 0.2) is 0 Å². The van der Waals surface area contributed by atoms with Crippen LogP contribution in [0.25, 0.3) is 10.9 Å². The molecule has 0 atom stereocenters. The maximum absolute atomic E-state index is 2.44. The van der Waals surface area contributed by atoms with Gasteiger partial charge in [-0.1, -0.05) is 42.5 Å². The van der Waals surface area contributed by atoms with Crippen LogP contribution in [0.5, 0.6) is 0 Å². The van der Waals surface area contributed by atoms with E-state index in [0.717, 1.165) is 12.8 Å². The van der Waals surface area contributed by atoms with Crippen molar-refractivity contribution in [1.29, 1.82) is 0 Å². The molecule has 0 bridgehead atoms. The molecule has 0 spiro atoms. The lowest BCUT2D eigenvalue weighted by atomic mass is 10.1. The summed E-state index contributed by atoms with van der Waals surface area (Å²) in [5, 5.41) is 1.34. The second-order valence-corrected chi connectivity index (χ2v) is 5.11. The Bertz CT molecular complexity index is 683. The Hall–Kier alpha value is -2.02. The van der Waals surface area contributed by atoms with Gasteiger partial charge in [0, 0.05) is 17.8 Å². The second kappa shape index (κ2) is 3.74. The van der Waals surface area contributed by atoms with Gasteiger partial charge in [0.2, 0.25) is 0 Å². The molecule has 88 valence electrons. The molecule has 1 aromatic heterocycles. The number of benzene rings is 2. The lowest BCUT2D eigenvalue weighted by Gasteiger charge is -2.13. The van der Waals surface area contributed by atoms with E-state index in [4.69, 9.17) is 0 Å². The van der Waals surface area contributed by atoms with Crippen LogP contribution in [0.4, 0.5) is 0 Å². The summed E-state index contributed by atoms with van der Waals surface area (Å²) >= 11 is 0. The largest absolute Gasteiger partial charge is 0.344 e. The van der Waals surface area contributed by atoms with Crippen molar-refractivity contribution in [2.75, 3.05) is 0 Å². The van der Waals surface area contributed by atoms with Gasteiger partial charge in [-0.05, 0) is 41.5 Å². The predicted molar refractivity (Wildman–Crippen MR) is 74.8 cm³/mol. The van der Waals surface area contributed by atoms with Gasteiger partial charge in [-0.25, -0.2) is 0 Å². The summed E-state index contributed by atoms with van der Waals surface area (Å²) in [6.45, 7) is 0. The van der Waals surface area contributed by atoms with Crippen LogP contribution in [-0.2, 0) is 12.8 Å². The highest BCUT2D eigenvalue weighted by Gasteiger charge is 2.22. The average Bonchev–Trinajstić information content (AvgIpc) is 3.02. The molecule has 0 saturated carbocycles. The molecule has 2 aromatic carbocycles. The minimum Gasteiger partial charge on any atom is -0.344 e. The lowest BCUT2D eigenvalue weighted by molar-refractivity contribution is 0.547. The van der Waals surface area contributed by atoms with Crippen molar-refractivity contribution < 1.29 is 0 Å². The first kappa shape index (κ1) is 9.95. The van der Waals surface area contributed by atoms with E-state index in [2.05, 4.69) is 65.4 Å². The van der Waals surface area contributed by atoms with Crippen molar-refractivity contribution in [3.05, 3.63) is 71.9 Å². The number of rotatable bonds is 1. The first-order valence-corrected chi connectivity index (χ1v) is 6.54. The molecule has 3 aromatic rings. The number of hydrogen-bond acceptors (Lipinski definition) is 0. The van der Waals surface area contributed by atoms with Crippen molar-refractivity contribution in [3.8, 4) is 0 Å². The number of fused-ring (bicyclic) bond motifs is 2. The van der Waals surface area contributed by atoms with Crippen LogP contribution in [0.1, 0.15) is 17.2 Å². The van der Waals surface area contributed by atoms with Crippen LogP contribution < -0.4 is 0 Å². The standard InChI is InChI=1S/C17H15N/c1-2-7-15-12-16(11-14(15)6-1)18-10-9-13-5-3-4-8-17(13)18/h1-10,16H,11-12H2. The van der Waals surface area contributed by atoms with E-state index in [9.17, 15) is 0 Å². The van der Waals surface area contributed by atoms with Gasteiger partial charge in [0.25, 0.3) is 0 Å². The quantitative estimate of drug-likeness (QED) is 0.599. The monoisotopic (exact) mass is 233 g/mol. The molecule has 18 heavy (non-hydrogen) atoms. The van der Waals surface area contributed by atoms with Gasteiger partial charge in [0.1, 0.15) is 0 Å². The second-order valence-electron chi connectivity index (χ2n) is 5.11. The smallest absolute Gasteiger partial charge is 0.0483 e. The molecule has 1 heterocycles. The fraction of sp³-hybridized carbons (Fsp3) is 0.176. The molecule has 0 aliphatic heterocycles. The number of para-hydroxylation sites is 1. The van der Waals surface area contributed by atoms with Crippen LogP contribution >= 0.6 is 0 Å². The molecule has 0 amide bonds. The van der Waals surface area contributed by atoms with Crippen molar-refractivity contribution in [3.63, 3.8) is 0 Å². The van der Waals surface area contributed by atoms with E-state index in [1.54, 1.807) is 0 Å². The van der Waals surface area contributed by atoms with E-state index in [0.29, 0.717) is 6.04 Å². The third-order valence-electron chi connectivity index (χ3n) is 4.05. The summed E-state index contributed by atoms with van der Waals surface area (Å²) in [4.78, 5) is 0. The fourth-order valence-corrected chi connectivity index (χ4v) is 3.16. The van der Waals surface area contributed by atoms with Crippen molar-refractivity contribution in [2.45, 2.75) is 18.9 Å². The third kappa shape index (κ3) is 1.40. The molecule has 1 heteroatoms. The Morgan fingerprint density at radius 1 is 0.778 bits per heavy atom. The maximum Gasteiger partial charge on any atom is 0.0483 e. The SMILES string of the molecule is c1ccc2c(c1)CC(n1ccc3ccccc31)C2. The van der Waals surface area contributed by atoms with Crippen molar-refractivity contribution >= 4 is 10.9 Å². The number of hydrogen-bond donors (Lipinski definition) is 0. The molecule has 1 nitrogen and oxygen atoms in total. The first-order chi connectivity index (χ1) is 8.92. The van der Waals surface area contributed by atoms with E-state index in [-0.39, 0.29) is 0 Å². The average molecular weight is 233 g/mol. The summed E-state index contributed by atoms with van der Waals surface area (Å²) in [6, 6.07) is 20.3. The fourth-order valence-electron chi connectivity index (χ4n) is 3.16. The van der Waals surface area contributed by atoms with Gasteiger partial charge >= 0.3 is 0 Å². The van der Waals surface area contributed by atoms with E-state index >= 15 is 0 Å². The summed E-state index contributed by atoms with van der Waals surface area (Å²) in [7, 11) is 0. The minimum absolute atomic E-state index is 0.585. The van der Waals surface area contributed by atoms with Crippen molar-refractivity contribution in [2.24, 2.45) is 0 Å². The zero-order valence-corrected chi connectivity index (χ0v) is 10.2. The normalized spacial score (nSPS) is 15.1. The molecular weight excluding hydrogens is 218 g/mol. The topological polar surface area (TPSA) is 4.93 Å². The van der Waals surface area contributed by atoms with Crippen LogP contribution in [0.2, 0.25) is 0 Å². The first-order valence-electron chi connectivity index (χ1n) is 6.54. The zero-order chi connectivity index (χ0) is 11.9. The summed E-state index contributed by atoms with van der Waals surface area (Å²) in [5.41, 5.74) is 4.39. The number of nitrogens with zero attached hydrogens (tertiary/aromatic N) is 1. The highest BCUT2D eigenvalue weighted by atomic mass is 15.0. The van der Waals surface area contributed by atoms with E-state index in [1.165, 1.54) is 22.0 Å². The predicted octanol–water partition coefficient (Wildman–Crippen LogP) is 3.98. The maximum atomic E-state index is 2.44. The van der Waals surface area contributed by atoms with Gasteiger partial charge in [-0.15, -0.1) is 0 Å². The number of aromatic nitrogens is 1. The minimum atomic E-state index is 0.585. The van der Waals surface area contributed by atoms with E-state index in [1.807, 2.05) is 0 Å². The zero-order valence-electron chi connectivity index (χ0n) is 10.2. The Labute approximate surface area is 107 Å². The summed E-state index contributed by atoms with van der Waals surface area (Å²) in [5.74, 6) is 0. The molecule has 1 aliphatic carbocycles. The van der Waals surface area contributed by atoms with Crippen LogP contribution in [-0.4, -0.2) is 4.57 Å². The Morgan fingerprint density at radius 2 is 1.44 bits per heavy atom. The highest BCUT2D eigenvalue weighted by Crippen LogP contribution is 2.32. The Balaban J connectivity index is 1.78. The molecule has 0 fully saturated rings.